The molecule has 0 bridgehead atoms. The molecule has 0 radical (unpaired) electrons. The summed E-state index contributed by atoms with van der Waals surface area (Å²) in [7, 11) is 0. The van der Waals surface area contributed by atoms with E-state index in [2.05, 4.69) is 33.0 Å². The number of pyridine rings is 1. The highest BCUT2D eigenvalue weighted by Crippen LogP contribution is 2.35. The lowest BCUT2D eigenvalue weighted by Gasteiger charge is -2.17. The highest BCUT2D eigenvalue weighted by molar-refractivity contribution is 6.36. The van der Waals surface area contributed by atoms with Crippen molar-refractivity contribution in [3.05, 3.63) is 34.0 Å². The third-order valence-corrected chi connectivity index (χ3v) is 3.82. The number of hydrogen-bond donors (Lipinski definition) is 1. The van der Waals surface area contributed by atoms with Crippen LogP contribution in [0.1, 0.15) is 37.1 Å². The molecule has 102 valence electrons. The number of hydrogen-bond acceptors (Lipinski definition) is 2. The lowest BCUT2D eigenvalue weighted by Crippen LogP contribution is -2.07. The minimum absolute atomic E-state index is 0.779. The second kappa shape index (κ2) is 5.79. The maximum atomic E-state index is 6.41. The van der Waals surface area contributed by atoms with Crippen LogP contribution >= 0.6 is 11.6 Å². The van der Waals surface area contributed by atoms with Crippen molar-refractivity contribution >= 4 is 28.2 Å². The van der Waals surface area contributed by atoms with E-state index in [1.54, 1.807) is 0 Å². The van der Waals surface area contributed by atoms with Crippen LogP contribution in [-0.2, 0) is 6.42 Å². The molecule has 0 aliphatic carbocycles. The van der Waals surface area contributed by atoms with Gasteiger partial charge < -0.3 is 5.32 Å². The molecule has 1 aromatic carbocycles. The Hall–Kier alpha value is -1.28. The zero-order chi connectivity index (χ0) is 14.0. The first-order valence-electron chi connectivity index (χ1n) is 6.92. The molecule has 19 heavy (non-hydrogen) atoms. The van der Waals surface area contributed by atoms with Gasteiger partial charge in [-0.15, -0.1) is 0 Å². The molecule has 1 heterocycles. The lowest BCUT2D eigenvalue weighted by atomic mass is 10.0. The Bertz CT molecular complexity index is 605. The summed E-state index contributed by atoms with van der Waals surface area (Å²) in [4.78, 5) is 4.75. The molecule has 0 unspecified atom stereocenters. The lowest BCUT2D eigenvalue weighted by molar-refractivity contribution is 0.968. The van der Waals surface area contributed by atoms with Crippen LogP contribution in [0.2, 0.25) is 5.02 Å². The molecule has 1 N–H and O–H groups in total. The fraction of sp³-hybridized carbons (Fsp3) is 0.438. The van der Waals surface area contributed by atoms with Gasteiger partial charge in [0.2, 0.25) is 0 Å². The fourth-order valence-electron chi connectivity index (χ4n) is 2.50. The van der Waals surface area contributed by atoms with Gasteiger partial charge in [0.15, 0.2) is 0 Å². The van der Waals surface area contributed by atoms with Crippen LogP contribution in [-0.4, -0.2) is 11.5 Å². The molecule has 2 rings (SSSR count). The van der Waals surface area contributed by atoms with Gasteiger partial charge in [0.1, 0.15) is 0 Å². The third kappa shape index (κ3) is 2.55. The second-order valence-electron chi connectivity index (χ2n) is 4.92. The van der Waals surface area contributed by atoms with E-state index in [9.17, 15) is 0 Å². The molecule has 0 atom stereocenters. The summed E-state index contributed by atoms with van der Waals surface area (Å²) in [6, 6.07) is 4.00. The minimum Gasteiger partial charge on any atom is -0.384 e. The monoisotopic (exact) mass is 276 g/mol. The molecule has 1 aromatic heterocycles. The highest BCUT2D eigenvalue weighted by Gasteiger charge is 2.14. The average molecular weight is 277 g/mol. The van der Waals surface area contributed by atoms with Crippen LogP contribution in [0.3, 0.4) is 0 Å². The summed E-state index contributed by atoms with van der Waals surface area (Å²) < 4.78 is 0. The van der Waals surface area contributed by atoms with Gasteiger partial charge in [0.05, 0.1) is 16.2 Å². The van der Waals surface area contributed by atoms with Gasteiger partial charge in [-0.2, -0.15) is 0 Å². The summed E-state index contributed by atoms with van der Waals surface area (Å²) >= 11 is 6.41. The molecule has 2 nitrogen and oxygen atoms in total. The largest absolute Gasteiger partial charge is 0.384 e. The van der Waals surface area contributed by atoms with Crippen LogP contribution in [0.4, 0.5) is 5.69 Å². The van der Waals surface area contributed by atoms with Gasteiger partial charge >= 0.3 is 0 Å². The zero-order valence-corrected chi connectivity index (χ0v) is 12.9. The van der Waals surface area contributed by atoms with Gasteiger partial charge in [0, 0.05) is 17.6 Å². The number of halogens is 1. The Morgan fingerprint density at radius 3 is 2.58 bits per heavy atom. The van der Waals surface area contributed by atoms with E-state index >= 15 is 0 Å². The van der Waals surface area contributed by atoms with Crippen LogP contribution in [0.25, 0.3) is 10.9 Å². The smallest absolute Gasteiger partial charge is 0.0770 e. The van der Waals surface area contributed by atoms with Crippen molar-refractivity contribution in [3.63, 3.8) is 0 Å². The maximum Gasteiger partial charge on any atom is 0.0770 e. The van der Waals surface area contributed by atoms with Gasteiger partial charge in [0.25, 0.3) is 0 Å². The summed E-state index contributed by atoms with van der Waals surface area (Å²) in [5, 5.41) is 5.39. The van der Waals surface area contributed by atoms with Crippen LogP contribution in [0, 0.1) is 13.8 Å². The van der Waals surface area contributed by atoms with E-state index in [-0.39, 0.29) is 0 Å². The van der Waals surface area contributed by atoms with Gasteiger partial charge in [-0.05, 0) is 43.9 Å². The van der Waals surface area contributed by atoms with Crippen molar-refractivity contribution < 1.29 is 0 Å². The van der Waals surface area contributed by atoms with Crippen molar-refractivity contribution in [2.24, 2.45) is 0 Å². The van der Waals surface area contributed by atoms with E-state index in [4.69, 9.17) is 16.6 Å². The summed E-state index contributed by atoms with van der Waals surface area (Å²) in [6.45, 7) is 9.45. The van der Waals surface area contributed by atoms with Crippen LogP contribution in [0.5, 0.6) is 0 Å². The van der Waals surface area contributed by atoms with E-state index in [1.807, 2.05) is 12.1 Å². The van der Waals surface area contributed by atoms with Crippen LogP contribution < -0.4 is 5.32 Å². The predicted molar refractivity (Wildman–Crippen MR) is 84.4 cm³/mol. The van der Waals surface area contributed by atoms with Crippen molar-refractivity contribution in [2.75, 3.05) is 11.9 Å². The molecule has 0 aliphatic heterocycles. The third-order valence-electron chi connectivity index (χ3n) is 3.50. The van der Waals surface area contributed by atoms with E-state index in [0.717, 1.165) is 41.0 Å². The normalized spacial score (nSPS) is 11.0. The molecule has 3 heteroatoms. The molecular weight excluding hydrogens is 256 g/mol. The first kappa shape index (κ1) is 14.1. The Morgan fingerprint density at radius 1 is 1.21 bits per heavy atom. The molecule has 0 spiro atoms. The first-order chi connectivity index (χ1) is 9.10. The number of aryl methyl sites for hydroxylation is 2. The second-order valence-corrected chi connectivity index (χ2v) is 5.33. The molecular formula is C16H21ClN2. The number of nitrogens with zero attached hydrogens (tertiary/aromatic N) is 1. The Balaban J connectivity index is 2.80. The van der Waals surface area contributed by atoms with Gasteiger partial charge in [-0.3, -0.25) is 4.98 Å². The first-order valence-corrected chi connectivity index (χ1v) is 7.30. The summed E-state index contributed by atoms with van der Waals surface area (Å²) in [5.74, 6) is 0. The number of anilines is 1. The molecule has 0 amide bonds. The predicted octanol–water partition coefficient (Wildman–Crippen LogP) is 4.89. The quantitative estimate of drug-likeness (QED) is 0.860. The molecule has 0 fully saturated rings. The van der Waals surface area contributed by atoms with Crippen molar-refractivity contribution in [1.82, 2.24) is 4.98 Å². The van der Waals surface area contributed by atoms with Crippen molar-refractivity contribution in [1.29, 1.82) is 0 Å². The van der Waals surface area contributed by atoms with Crippen molar-refractivity contribution in [2.45, 2.75) is 40.5 Å². The summed E-state index contributed by atoms with van der Waals surface area (Å²) in [6.07, 6.45) is 2.06. The van der Waals surface area contributed by atoms with Gasteiger partial charge in [-0.25, -0.2) is 0 Å². The van der Waals surface area contributed by atoms with E-state index in [1.165, 1.54) is 16.8 Å². The number of fused-ring (bicyclic) bond motifs is 1. The molecule has 2 aromatic rings. The zero-order valence-electron chi connectivity index (χ0n) is 12.1. The number of nitrogens with one attached hydrogen (secondary N) is 1. The molecule has 0 aliphatic rings. The van der Waals surface area contributed by atoms with E-state index in [0.29, 0.717) is 0 Å². The summed E-state index contributed by atoms with van der Waals surface area (Å²) in [5.41, 5.74) is 5.72. The minimum atomic E-state index is 0.779. The number of aromatic nitrogens is 1. The SMILES string of the molecule is CCCNc1c(CC)c(C)nc2c(C)ccc(Cl)c12. The fourth-order valence-corrected chi connectivity index (χ4v) is 2.74. The Kier molecular flexibility index (Phi) is 4.31. The number of benzene rings is 1. The highest BCUT2D eigenvalue weighted by atomic mass is 35.5. The standard InChI is InChI=1S/C16H21ClN2/c1-5-9-18-16-12(6-2)11(4)19-15-10(3)7-8-13(17)14(15)16/h7-8H,5-6,9H2,1-4H3,(H,18,19). The average Bonchev–Trinajstić information content (AvgIpc) is 2.40. The van der Waals surface area contributed by atoms with Crippen LogP contribution in [0.15, 0.2) is 12.1 Å². The topological polar surface area (TPSA) is 24.9 Å². The van der Waals surface area contributed by atoms with E-state index < -0.39 is 0 Å². The Labute approximate surface area is 120 Å². The van der Waals surface area contributed by atoms with Crippen molar-refractivity contribution in [3.8, 4) is 0 Å². The molecule has 0 saturated carbocycles. The van der Waals surface area contributed by atoms with Gasteiger partial charge in [-0.1, -0.05) is 31.5 Å². The number of rotatable bonds is 4. The molecule has 0 saturated heterocycles. The maximum absolute atomic E-state index is 6.41. The Morgan fingerprint density at radius 2 is 1.95 bits per heavy atom.